The predicted octanol–water partition coefficient (Wildman–Crippen LogP) is 4.14. The van der Waals surface area contributed by atoms with Crippen molar-refractivity contribution in [3.63, 3.8) is 0 Å². The Kier molecular flexibility index (Phi) is 3.75. The summed E-state index contributed by atoms with van der Waals surface area (Å²) in [7, 11) is 0. The first-order valence-corrected chi connectivity index (χ1v) is 6.60. The average molecular weight is 325 g/mol. The monoisotopic (exact) mass is 324 g/mol. The summed E-state index contributed by atoms with van der Waals surface area (Å²) in [6, 6.07) is 5.82. The van der Waals surface area contributed by atoms with Crippen molar-refractivity contribution in [2.75, 3.05) is 11.9 Å². The highest BCUT2D eigenvalue weighted by molar-refractivity contribution is 9.09. The summed E-state index contributed by atoms with van der Waals surface area (Å²) in [5.41, 5.74) is 0.0747. The van der Waals surface area contributed by atoms with Crippen LogP contribution in [0.15, 0.2) is 24.3 Å². The van der Waals surface area contributed by atoms with Crippen LogP contribution < -0.4 is 9.47 Å². The van der Waals surface area contributed by atoms with Crippen molar-refractivity contribution in [2.24, 2.45) is 5.41 Å². The highest BCUT2D eigenvalue weighted by Crippen LogP contribution is 2.47. The highest BCUT2D eigenvalue weighted by atomic mass is 79.9. The van der Waals surface area contributed by atoms with E-state index < -0.39 is 6.36 Å². The number of rotatable bonds is 5. The summed E-state index contributed by atoms with van der Waals surface area (Å²) in [5.74, 6) is -0.169. The van der Waals surface area contributed by atoms with Gasteiger partial charge in [-0.2, -0.15) is 0 Å². The zero-order chi connectivity index (χ0) is 13.2. The minimum absolute atomic E-state index is 0.0747. The number of hydrogen-bond donors (Lipinski definition) is 0. The molecule has 0 atom stereocenters. The fourth-order valence-electron chi connectivity index (χ4n) is 1.50. The molecule has 0 aromatic heterocycles. The molecular formula is C12H12BrF3O2. The highest BCUT2D eigenvalue weighted by Gasteiger charge is 2.42. The Bertz CT molecular complexity index is 416. The van der Waals surface area contributed by atoms with Gasteiger partial charge < -0.3 is 9.47 Å². The SMILES string of the molecule is FC(F)(F)Oc1ccccc1OCC1(CBr)CC1. The van der Waals surface area contributed by atoms with Crippen LogP contribution in [0, 0.1) is 5.41 Å². The number of alkyl halides is 4. The lowest BCUT2D eigenvalue weighted by Crippen LogP contribution is -2.19. The minimum Gasteiger partial charge on any atom is -0.489 e. The molecule has 1 aliphatic carbocycles. The van der Waals surface area contributed by atoms with Gasteiger partial charge >= 0.3 is 6.36 Å². The van der Waals surface area contributed by atoms with Gasteiger partial charge in [-0.25, -0.2) is 0 Å². The molecule has 0 N–H and O–H groups in total. The molecule has 1 aliphatic rings. The second-order valence-electron chi connectivity index (χ2n) is 4.42. The van der Waals surface area contributed by atoms with Crippen molar-refractivity contribution >= 4 is 15.9 Å². The summed E-state index contributed by atoms with van der Waals surface area (Å²) >= 11 is 3.38. The van der Waals surface area contributed by atoms with E-state index in [0.29, 0.717) is 6.61 Å². The van der Waals surface area contributed by atoms with E-state index in [9.17, 15) is 13.2 Å². The van der Waals surface area contributed by atoms with Crippen LogP contribution in [0.25, 0.3) is 0 Å². The van der Waals surface area contributed by atoms with Gasteiger partial charge in [-0.15, -0.1) is 13.2 Å². The topological polar surface area (TPSA) is 18.5 Å². The molecule has 18 heavy (non-hydrogen) atoms. The molecule has 0 unspecified atom stereocenters. The maximum atomic E-state index is 12.2. The van der Waals surface area contributed by atoms with Crippen LogP contribution in [0.2, 0.25) is 0 Å². The fraction of sp³-hybridized carbons (Fsp3) is 0.500. The van der Waals surface area contributed by atoms with Gasteiger partial charge in [-0.3, -0.25) is 0 Å². The maximum Gasteiger partial charge on any atom is 0.573 e. The quantitative estimate of drug-likeness (QED) is 0.758. The lowest BCUT2D eigenvalue weighted by atomic mass is 10.2. The first-order chi connectivity index (χ1) is 8.44. The molecular weight excluding hydrogens is 313 g/mol. The van der Waals surface area contributed by atoms with Gasteiger partial charge in [0.25, 0.3) is 0 Å². The molecule has 0 bridgehead atoms. The van der Waals surface area contributed by atoms with Gasteiger partial charge in [0.15, 0.2) is 11.5 Å². The van der Waals surface area contributed by atoms with Crippen LogP contribution in [-0.2, 0) is 0 Å². The standard InChI is InChI=1S/C12H12BrF3O2/c13-7-11(5-6-11)8-17-9-3-1-2-4-10(9)18-12(14,15)16/h1-4H,5-8H2. The van der Waals surface area contributed by atoms with Gasteiger partial charge in [0.2, 0.25) is 0 Å². The van der Waals surface area contributed by atoms with Crippen molar-refractivity contribution in [1.82, 2.24) is 0 Å². The van der Waals surface area contributed by atoms with Crippen LogP contribution in [-0.4, -0.2) is 18.3 Å². The Hall–Kier alpha value is -0.910. The average Bonchev–Trinajstić information content (AvgIpc) is 3.07. The number of hydrogen-bond acceptors (Lipinski definition) is 2. The third-order valence-electron chi connectivity index (χ3n) is 2.85. The van der Waals surface area contributed by atoms with Crippen LogP contribution >= 0.6 is 15.9 Å². The summed E-state index contributed by atoms with van der Waals surface area (Å²) in [5, 5.41) is 0.794. The molecule has 0 saturated heterocycles. The first-order valence-electron chi connectivity index (χ1n) is 5.48. The van der Waals surface area contributed by atoms with E-state index in [1.54, 1.807) is 6.07 Å². The number of halogens is 4. The molecule has 0 heterocycles. The lowest BCUT2D eigenvalue weighted by molar-refractivity contribution is -0.275. The van der Waals surface area contributed by atoms with E-state index >= 15 is 0 Å². The van der Waals surface area contributed by atoms with E-state index in [1.165, 1.54) is 18.2 Å². The zero-order valence-electron chi connectivity index (χ0n) is 9.47. The number of para-hydroxylation sites is 2. The smallest absolute Gasteiger partial charge is 0.489 e. The molecule has 1 fully saturated rings. The Morgan fingerprint density at radius 1 is 1.17 bits per heavy atom. The molecule has 0 spiro atoms. The molecule has 0 radical (unpaired) electrons. The second kappa shape index (κ2) is 4.99. The van der Waals surface area contributed by atoms with Crippen molar-refractivity contribution in [1.29, 1.82) is 0 Å². The third kappa shape index (κ3) is 3.54. The molecule has 0 amide bonds. The summed E-state index contributed by atoms with van der Waals surface area (Å²) in [6.07, 6.45) is -2.65. The van der Waals surface area contributed by atoms with E-state index in [1.807, 2.05) is 0 Å². The molecule has 0 aliphatic heterocycles. The van der Waals surface area contributed by atoms with Gasteiger partial charge in [0.1, 0.15) is 0 Å². The lowest BCUT2D eigenvalue weighted by Gasteiger charge is -2.16. The number of ether oxygens (including phenoxy) is 2. The molecule has 1 aromatic rings. The zero-order valence-corrected chi connectivity index (χ0v) is 11.1. The number of benzene rings is 1. The minimum atomic E-state index is -4.70. The van der Waals surface area contributed by atoms with Crippen molar-refractivity contribution in [3.8, 4) is 11.5 Å². The van der Waals surface area contributed by atoms with E-state index in [2.05, 4.69) is 20.7 Å². The Labute approximate surface area is 111 Å². The summed E-state index contributed by atoms with van der Waals surface area (Å²) in [4.78, 5) is 0. The molecule has 1 saturated carbocycles. The van der Waals surface area contributed by atoms with Crippen molar-refractivity contribution in [3.05, 3.63) is 24.3 Å². The molecule has 6 heteroatoms. The Morgan fingerprint density at radius 3 is 2.28 bits per heavy atom. The van der Waals surface area contributed by atoms with Crippen molar-refractivity contribution in [2.45, 2.75) is 19.2 Å². The third-order valence-corrected chi connectivity index (χ3v) is 4.04. The van der Waals surface area contributed by atoms with Crippen LogP contribution in [0.3, 0.4) is 0 Å². The Balaban J connectivity index is 2.03. The second-order valence-corrected chi connectivity index (χ2v) is 4.98. The van der Waals surface area contributed by atoms with Gasteiger partial charge in [0.05, 0.1) is 6.61 Å². The van der Waals surface area contributed by atoms with Crippen LogP contribution in [0.4, 0.5) is 13.2 Å². The predicted molar refractivity (Wildman–Crippen MR) is 64.1 cm³/mol. The first kappa shape index (κ1) is 13.5. The van der Waals surface area contributed by atoms with Crippen LogP contribution in [0.1, 0.15) is 12.8 Å². The Morgan fingerprint density at radius 2 is 1.78 bits per heavy atom. The summed E-state index contributed by atoms with van der Waals surface area (Å²) < 4.78 is 45.9. The van der Waals surface area contributed by atoms with Gasteiger partial charge in [0, 0.05) is 10.7 Å². The van der Waals surface area contributed by atoms with E-state index in [-0.39, 0.29) is 16.9 Å². The van der Waals surface area contributed by atoms with E-state index in [0.717, 1.165) is 18.2 Å². The van der Waals surface area contributed by atoms with Crippen LogP contribution in [0.5, 0.6) is 11.5 Å². The molecule has 2 nitrogen and oxygen atoms in total. The molecule has 100 valence electrons. The fourth-order valence-corrected chi connectivity index (χ4v) is 2.23. The van der Waals surface area contributed by atoms with Gasteiger partial charge in [-0.05, 0) is 25.0 Å². The van der Waals surface area contributed by atoms with Gasteiger partial charge in [-0.1, -0.05) is 28.1 Å². The summed E-state index contributed by atoms with van der Waals surface area (Å²) in [6.45, 7) is 0.399. The molecule has 1 aromatic carbocycles. The van der Waals surface area contributed by atoms with Crippen molar-refractivity contribution < 1.29 is 22.6 Å². The largest absolute Gasteiger partial charge is 0.573 e. The maximum absolute atomic E-state index is 12.2. The van der Waals surface area contributed by atoms with E-state index in [4.69, 9.17) is 4.74 Å². The normalized spacial score (nSPS) is 17.3. The molecule has 2 rings (SSSR count).